The molecule has 3 heteroatoms. The van der Waals surface area contributed by atoms with Crippen LogP contribution in [0.4, 0.5) is 0 Å². The van der Waals surface area contributed by atoms with Crippen molar-refractivity contribution in [2.24, 2.45) is 5.16 Å². The van der Waals surface area contributed by atoms with Crippen molar-refractivity contribution in [1.29, 1.82) is 0 Å². The van der Waals surface area contributed by atoms with Crippen molar-refractivity contribution in [2.75, 3.05) is 7.05 Å². The van der Waals surface area contributed by atoms with E-state index in [0.717, 1.165) is 25.0 Å². The van der Waals surface area contributed by atoms with Gasteiger partial charge in [0.1, 0.15) is 0 Å². The molecule has 0 saturated heterocycles. The van der Waals surface area contributed by atoms with Gasteiger partial charge in [0, 0.05) is 6.04 Å². The second-order valence-electron chi connectivity index (χ2n) is 2.77. The van der Waals surface area contributed by atoms with Crippen LogP contribution in [0.3, 0.4) is 0 Å². The number of rotatable bonds is 5. The highest BCUT2D eigenvalue weighted by Crippen LogP contribution is 2.01. The van der Waals surface area contributed by atoms with Gasteiger partial charge in [0.25, 0.3) is 0 Å². The van der Waals surface area contributed by atoms with E-state index in [0.29, 0.717) is 6.04 Å². The van der Waals surface area contributed by atoms with Crippen molar-refractivity contribution in [2.45, 2.75) is 39.2 Å². The van der Waals surface area contributed by atoms with Gasteiger partial charge in [0.15, 0.2) is 0 Å². The van der Waals surface area contributed by atoms with Gasteiger partial charge in [-0.25, -0.2) is 0 Å². The van der Waals surface area contributed by atoms with E-state index in [-0.39, 0.29) is 0 Å². The summed E-state index contributed by atoms with van der Waals surface area (Å²) in [6, 6.07) is 0.548. The Morgan fingerprint density at radius 3 is 2.64 bits per heavy atom. The predicted molar refractivity (Wildman–Crippen MR) is 47.3 cm³/mol. The summed E-state index contributed by atoms with van der Waals surface area (Å²) in [5.74, 6) is 0. The fourth-order valence-corrected chi connectivity index (χ4v) is 0.986. The summed E-state index contributed by atoms with van der Waals surface area (Å²) in [5, 5.41) is 14.7. The van der Waals surface area contributed by atoms with Gasteiger partial charge in [-0.3, -0.25) is 0 Å². The van der Waals surface area contributed by atoms with Gasteiger partial charge in [-0.15, -0.1) is 0 Å². The SMILES string of the molecule is CCC(CC/C(C)=N\O)NC. The van der Waals surface area contributed by atoms with Crippen LogP contribution in [0.1, 0.15) is 33.1 Å². The van der Waals surface area contributed by atoms with Crippen molar-refractivity contribution in [3.63, 3.8) is 0 Å². The molecular formula is C8H18N2O. The summed E-state index contributed by atoms with van der Waals surface area (Å²) >= 11 is 0. The van der Waals surface area contributed by atoms with Crippen LogP contribution in [0.15, 0.2) is 5.16 Å². The smallest absolute Gasteiger partial charge is 0.0540 e. The van der Waals surface area contributed by atoms with Crippen molar-refractivity contribution in [3.05, 3.63) is 0 Å². The quantitative estimate of drug-likeness (QED) is 0.363. The number of nitrogens with zero attached hydrogens (tertiary/aromatic N) is 1. The van der Waals surface area contributed by atoms with E-state index in [1.165, 1.54) is 0 Å². The largest absolute Gasteiger partial charge is 0.411 e. The highest BCUT2D eigenvalue weighted by Gasteiger charge is 2.02. The minimum absolute atomic E-state index is 0.548. The first kappa shape index (κ1) is 10.4. The first-order valence-electron chi connectivity index (χ1n) is 4.09. The van der Waals surface area contributed by atoms with Gasteiger partial charge in [0.05, 0.1) is 5.71 Å². The number of hydrogen-bond acceptors (Lipinski definition) is 3. The second-order valence-corrected chi connectivity index (χ2v) is 2.77. The zero-order valence-corrected chi connectivity index (χ0v) is 7.59. The molecule has 66 valence electrons. The third kappa shape index (κ3) is 4.79. The Hall–Kier alpha value is -0.570. The van der Waals surface area contributed by atoms with E-state index in [4.69, 9.17) is 5.21 Å². The molecule has 0 heterocycles. The summed E-state index contributed by atoms with van der Waals surface area (Å²) < 4.78 is 0. The van der Waals surface area contributed by atoms with Crippen LogP contribution in [-0.2, 0) is 0 Å². The van der Waals surface area contributed by atoms with E-state index < -0.39 is 0 Å². The first-order chi connectivity index (χ1) is 5.24. The topological polar surface area (TPSA) is 44.6 Å². The molecular weight excluding hydrogens is 140 g/mol. The summed E-state index contributed by atoms with van der Waals surface area (Å²) in [4.78, 5) is 0. The predicted octanol–water partition coefficient (Wildman–Crippen LogP) is 1.61. The van der Waals surface area contributed by atoms with E-state index >= 15 is 0 Å². The Bertz CT molecular complexity index is 119. The Balaban J connectivity index is 3.50. The molecule has 0 aromatic heterocycles. The third-order valence-electron chi connectivity index (χ3n) is 1.93. The number of oxime groups is 1. The van der Waals surface area contributed by atoms with E-state index in [1.54, 1.807) is 0 Å². The molecule has 0 spiro atoms. The molecule has 0 aromatic rings. The van der Waals surface area contributed by atoms with Gasteiger partial charge in [-0.05, 0) is 33.2 Å². The molecule has 1 unspecified atom stereocenters. The molecule has 0 aliphatic rings. The molecule has 1 atom stereocenters. The van der Waals surface area contributed by atoms with Gasteiger partial charge in [-0.1, -0.05) is 12.1 Å². The maximum Gasteiger partial charge on any atom is 0.0540 e. The average Bonchev–Trinajstić information content (AvgIpc) is 2.06. The standard InChI is InChI=1S/C8H18N2O/c1-4-8(9-3)6-5-7(2)10-11/h8-9,11H,4-6H2,1-3H3/b10-7-. The van der Waals surface area contributed by atoms with Crippen LogP contribution >= 0.6 is 0 Å². The highest BCUT2D eigenvalue weighted by molar-refractivity contribution is 5.81. The zero-order valence-electron chi connectivity index (χ0n) is 7.59. The molecule has 0 amide bonds. The minimum Gasteiger partial charge on any atom is -0.411 e. The van der Waals surface area contributed by atoms with Crippen LogP contribution in [0, 0.1) is 0 Å². The first-order valence-corrected chi connectivity index (χ1v) is 4.09. The Kier molecular flexibility index (Phi) is 5.84. The van der Waals surface area contributed by atoms with Crippen LogP contribution in [-0.4, -0.2) is 24.0 Å². The van der Waals surface area contributed by atoms with Gasteiger partial charge < -0.3 is 10.5 Å². The molecule has 0 fully saturated rings. The summed E-state index contributed by atoms with van der Waals surface area (Å²) in [7, 11) is 1.96. The lowest BCUT2D eigenvalue weighted by molar-refractivity contribution is 0.316. The van der Waals surface area contributed by atoms with Gasteiger partial charge in [-0.2, -0.15) is 0 Å². The maximum atomic E-state index is 8.36. The normalized spacial score (nSPS) is 15.0. The molecule has 0 aliphatic heterocycles. The Labute approximate surface area is 68.5 Å². The average molecular weight is 158 g/mol. The molecule has 0 radical (unpaired) electrons. The third-order valence-corrected chi connectivity index (χ3v) is 1.93. The van der Waals surface area contributed by atoms with E-state index in [1.807, 2.05) is 14.0 Å². The Morgan fingerprint density at radius 2 is 2.27 bits per heavy atom. The lowest BCUT2D eigenvalue weighted by atomic mass is 10.1. The molecule has 0 aromatic carbocycles. The van der Waals surface area contributed by atoms with Gasteiger partial charge >= 0.3 is 0 Å². The van der Waals surface area contributed by atoms with Crippen LogP contribution in [0.2, 0.25) is 0 Å². The van der Waals surface area contributed by atoms with Crippen LogP contribution in [0.25, 0.3) is 0 Å². The molecule has 11 heavy (non-hydrogen) atoms. The lowest BCUT2D eigenvalue weighted by Gasteiger charge is -2.12. The number of nitrogens with one attached hydrogen (secondary N) is 1. The molecule has 0 bridgehead atoms. The van der Waals surface area contributed by atoms with Crippen molar-refractivity contribution in [1.82, 2.24) is 5.32 Å². The zero-order chi connectivity index (χ0) is 8.69. The van der Waals surface area contributed by atoms with E-state index in [9.17, 15) is 0 Å². The molecule has 3 nitrogen and oxygen atoms in total. The van der Waals surface area contributed by atoms with Crippen molar-refractivity contribution >= 4 is 5.71 Å². The van der Waals surface area contributed by atoms with Crippen LogP contribution in [0.5, 0.6) is 0 Å². The van der Waals surface area contributed by atoms with Gasteiger partial charge in [0.2, 0.25) is 0 Å². The fourth-order valence-electron chi connectivity index (χ4n) is 0.986. The molecule has 2 N–H and O–H groups in total. The molecule has 0 aliphatic carbocycles. The van der Waals surface area contributed by atoms with Crippen LogP contribution < -0.4 is 5.32 Å². The molecule has 0 saturated carbocycles. The fraction of sp³-hybridized carbons (Fsp3) is 0.875. The second kappa shape index (κ2) is 6.16. The Morgan fingerprint density at radius 1 is 1.64 bits per heavy atom. The van der Waals surface area contributed by atoms with Crippen molar-refractivity contribution in [3.8, 4) is 0 Å². The van der Waals surface area contributed by atoms with Crippen molar-refractivity contribution < 1.29 is 5.21 Å². The molecule has 0 rings (SSSR count). The number of hydrogen-bond donors (Lipinski definition) is 2. The van der Waals surface area contributed by atoms with E-state index in [2.05, 4.69) is 17.4 Å². The summed E-state index contributed by atoms with van der Waals surface area (Å²) in [6.07, 6.45) is 3.04. The maximum absolute atomic E-state index is 8.36. The summed E-state index contributed by atoms with van der Waals surface area (Å²) in [6.45, 7) is 3.98. The summed E-state index contributed by atoms with van der Waals surface area (Å²) in [5.41, 5.74) is 0.804. The monoisotopic (exact) mass is 158 g/mol. The lowest BCUT2D eigenvalue weighted by Crippen LogP contribution is -2.24. The minimum atomic E-state index is 0.548. The highest BCUT2D eigenvalue weighted by atomic mass is 16.4.